The highest BCUT2D eigenvalue weighted by molar-refractivity contribution is 5.95. The number of carbonyl (C=O) groups excluding carboxylic acids is 1. The van der Waals surface area contributed by atoms with Crippen LogP contribution in [0.3, 0.4) is 0 Å². The number of nitrogens with one attached hydrogen (secondary N) is 2. The molecule has 0 saturated carbocycles. The summed E-state index contributed by atoms with van der Waals surface area (Å²) in [6.45, 7) is 6.30. The highest BCUT2D eigenvalue weighted by Crippen LogP contribution is 2.22. The molecule has 0 atom stereocenters. The Morgan fingerprint density at radius 1 is 1.23 bits per heavy atom. The average molecular weight is 408 g/mol. The highest BCUT2D eigenvalue weighted by Gasteiger charge is 2.32. The number of halogens is 1. The second-order valence-electron chi connectivity index (χ2n) is 8.18. The number of nitrogens with zero attached hydrogens (tertiary/aromatic N) is 2. The van der Waals surface area contributed by atoms with Crippen LogP contribution in [-0.2, 0) is 6.42 Å². The van der Waals surface area contributed by atoms with E-state index in [0.29, 0.717) is 42.6 Å². The number of likely N-dealkylation sites (tertiary alicyclic amines) is 1. The lowest BCUT2D eigenvalue weighted by atomic mass is 9.97. The van der Waals surface area contributed by atoms with E-state index in [4.69, 9.17) is 0 Å². The minimum atomic E-state index is -0.521. The number of H-pyrrole nitrogens is 1. The third-order valence-electron chi connectivity index (χ3n) is 5.47. The number of hydrogen-bond donors (Lipinski definition) is 2. The van der Waals surface area contributed by atoms with Gasteiger partial charge < -0.3 is 10.2 Å². The van der Waals surface area contributed by atoms with Gasteiger partial charge in [-0.05, 0) is 23.8 Å². The van der Waals surface area contributed by atoms with Gasteiger partial charge in [0.25, 0.3) is 11.5 Å². The van der Waals surface area contributed by atoms with Gasteiger partial charge in [0.05, 0.1) is 16.6 Å². The maximum atomic E-state index is 14.4. The first-order chi connectivity index (χ1) is 14.4. The summed E-state index contributed by atoms with van der Waals surface area (Å²) in [5, 5.41) is 11.4. The van der Waals surface area contributed by atoms with Crippen molar-refractivity contribution in [3.05, 3.63) is 75.5 Å². The largest absolute Gasteiger partial charge is 0.338 e. The molecule has 0 radical (unpaired) electrons. The van der Waals surface area contributed by atoms with Gasteiger partial charge in [0.2, 0.25) is 0 Å². The minimum Gasteiger partial charge on any atom is -0.338 e. The third-order valence-corrected chi connectivity index (χ3v) is 5.47. The fraction of sp³-hybridized carbons (Fsp3) is 0.348. The molecule has 7 heteroatoms. The molecule has 1 aliphatic rings. The molecule has 2 aromatic carbocycles. The summed E-state index contributed by atoms with van der Waals surface area (Å²) >= 11 is 0. The Labute approximate surface area is 174 Å². The van der Waals surface area contributed by atoms with Crippen molar-refractivity contribution in [1.29, 1.82) is 0 Å². The molecule has 1 aliphatic heterocycles. The second kappa shape index (κ2) is 8.36. The van der Waals surface area contributed by atoms with Gasteiger partial charge in [0.1, 0.15) is 5.82 Å². The van der Waals surface area contributed by atoms with Crippen LogP contribution in [0.25, 0.3) is 10.8 Å². The van der Waals surface area contributed by atoms with Gasteiger partial charge >= 0.3 is 0 Å². The normalized spacial score (nSPS) is 14.3. The molecule has 0 spiro atoms. The van der Waals surface area contributed by atoms with Crippen molar-refractivity contribution in [1.82, 2.24) is 20.4 Å². The number of rotatable bonds is 6. The van der Waals surface area contributed by atoms with Gasteiger partial charge in [0, 0.05) is 43.4 Å². The van der Waals surface area contributed by atoms with Gasteiger partial charge in [-0.25, -0.2) is 9.49 Å². The average Bonchev–Trinajstić information content (AvgIpc) is 2.70. The molecule has 30 heavy (non-hydrogen) atoms. The van der Waals surface area contributed by atoms with Crippen LogP contribution < -0.4 is 10.9 Å². The molecule has 156 valence electrons. The molecule has 3 aromatic rings. The number of hydrogen-bond acceptors (Lipinski definition) is 4. The molecule has 0 bridgehead atoms. The Bertz CT molecular complexity index is 1140. The van der Waals surface area contributed by atoms with E-state index >= 15 is 0 Å². The standard InChI is InChI=1S/C23H25FN4O2/c1-14(2)25-11-16-12-28(13-16)23(30)19-9-15(7-8-20(19)24)10-21-17-5-3-4-6-18(17)22(29)27-26-21/h3-9,14,16,25H,10-13H2,1-2H3,(H,27,29). The number of aromatic amines is 1. The first kappa shape index (κ1) is 20.2. The van der Waals surface area contributed by atoms with Crippen molar-refractivity contribution in [2.24, 2.45) is 5.92 Å². The van der Waals surface area contributed by atoms with Crippen LogP contribution in [0.5, 0.6) is 0 Å². The van der Waals surface area contributed by atoms with E-state index in [1.165, 1.54) is 6.07 Å². The van der Waals surface area contributed by atoms with E-state index in [0.717, 1.165) is 17.5 Å². The monoisotopic (exact) mass is 408 g/mol. The lowest BCUT2D eigenvalue weighted by Gasteiger charge is -2.40. The first-order valence-electron chi connectivity index (χ1n) is 10.2. The topological polar surface area (TPSA) is 78.1 Å². The van der Waals surface area contributed by atoms with E-state index in [2.05, 4.69) is 29.4 Å². The number of benzene rings is 2. The number of fused-ring (bicyclic) bond motifs is 1. The molecule has 0 unspecified atom stereocenters. The summed E-state index contributed by atoms with van der Waals surface area (Å²) in [6, 6.07) is 12.2. The summed E-state index contributed by atoms with van der Waals surface area (Å²) < 4.78 is 14.4. The summed E-state index contributed by atoms with van der Waals surface area (Å²) in [6.07, 6.45) is 0.388. The van der Waals surface area contributed by atoms with Crippen molar-refractivity contribution in [2.45, 2.75) is 26.3 Å². The maximum Gasteiger partial charge on any atom is 0.272 e. The van der Waals surface area contributed by atoms with E-state index in [1.807, 2.05) is 12.1 Å². The molecule has 6 nitrogen and oxygen atoms in total. The van der Waals surface area contributed by atoms with Crippen molar-refractivity contribution in [3.63, 3.8) is 0 Å². The SMILES string of the molecule is CC(C)NCC1CN(C(=O)c2cc(Cc3n[nH]c(=O)c4ccccc34)ccc2F)C1. The van der Waals surface area contributed by atoms with Crippen LogP contribution in [0, 0.1) is 11.7 Å². The van der Waals surface area contributed by atoms with Crippen molar-refractivity contribution >= 4 is 16.7 Å². The molecule has 1 saturated heterocycles. The van der Waals surface area contributed by atoms with E-state index in [1.54, 1.807) is 29.2 Å². The van der Waals surface area contributed by atoms with Gasteiger partial charge in [-0.3, -0.25) is 9.59 Å². The van der Waals surface area contributed by atoms with E-state index < -0.39 is 5.82 Å². The number of aromatic nitrogens is 2. The highest BCUT2D eigenvalue weighted by atomic mass is 19.1. The summed E-state index contributed by atoms with van der Waals surface area (Å²) in [4.78, 5) is 26.5. The molecule has 2 heterocycles. The zero-order valence-electron chi connectivity index (χ0n) is 17.1. The Kier molecular flexibility index (Phi) is 5.63. The van der Waals surface area contributed by atoms with Gasteiger partial charge in [-0.15, -0.1) is 0 Å². The molecular formula is C23H25FN4O2. The molecule has 1 fully saturated rings. The Hall–Kier alpha value is -3.06. The zero-order chi connectivity index (χ0) is 21.3. The van der Waals surface area contributed by atoms with Gasteiger partial charge in [-0.2, -0.15) is 5.10 Å². The fourth-order valence-electron chi connectivity index (χ4n) is 3.78. The Balaban J connectivity index is 1.51. The van der Waals surface area contributed by atoms with E-state index in [9.17, 15) is 14.0 Å². The van der Waals surface area contributed by atoms with Crippen molar-refractivity contribution in [2.75, 3.05) is 19.6 Å². The lowest BCUT2D eigenvalue weighted by Crippen LogP contribution is -2.54. The molecule has 0 aliphatic carbocycles. The van der Waals surface area contributed by atoms with Crippen LogP contribution >= 0.6 is 0 Å². The number of carbonyl (C=O) groups is 1. The van der Waals surface area contributed by atoms with Crippen LogP contribution in [0.1, 0.15) is 35.5 Å². The predicted molar refractivity (Wildman–Crippen MR) is 114 cm³/mol. The lowest BCUT2D eigenvalue weighted by molar-refractivity contribution is 0.0493. The zero-order valence-corrected chi connectivity index (χ0v) is 17.1. The first-order valence-corrected chi connectivity index (χ1v) is 10.2. The second-order valence-corrected chi connectivity index (χ2v) is 8.18. The van der Waals surface area contributed by atoms with Crippen LogP contribution in [0.15, 0.2) is 47.3 Å². The number of amides is 1. The quantitative estimate of drug-likeness (QED) is 0.658. The summed E-state index contributed by atoms with van der Waals surface area (Å²) in [7, 11) is 0. The molecule has 4 rings (SSSR count). The molecule has 1 amide bonds. The Morgan fingerprint density at radius 3 is 2.70 bits per heavy atom. The van der Waals surface area contributed by atoms with E-state index in [-0.39, 0.29) is 17.0 Å². The van der Waals surface area contributed by atoms with Crippen molar-refractivity contribution < 1.29 is 9.18 Å². The Morgan fingerprint density at radius 2 is 1.97 bits per heavy atom. The predicted octanol–water partition coefficient (Wildman–Crippen LogP) is 2.72. The third kappa shape index (κ3) is 4.11. The maximum absolute atomic E-state index is 14.4. The smallest absolute Gasteiger partial charge is 0.272 e. The molecule has 2 N–H and O–H groups in total. The van der Waals surface area contributed by atoms with Crippen LogP contribution in [0.2, 0.25) is 0 Å². The van der Waals surface area contributed by atoms with Crippen molar-refractivity contribution in [3.8, 4) is 0 Å². The van der Waals surface area contributed by atoms with Crippen LogP contribution in [0.4, 0.5) is 4.39 Å². The van der Waals surface area contributed by atoms with Crippen LogP contribution in [-0.4, -0.2) is 46.7 Å². The molecule has 1 aromatic heterocycles. The minimum absolute atomic E-state index is 0.0801. The summed E-state index contributed by atoms with van der Waals surface area (Å²) in [5.41, 5.74) is 1.28. The fourth-order valence-corrected chi connectivity index (χ4v) is 3.78. The van der Waals surface area contributed by atoms with Gasteiger partial charge in [-0.1, -0.05) is 38.1 Å². The van der Waals surface area contributed by atoms with Gasteiger partial charge in [0.15, 0.2) is 0 Å². The summed E-state index contributed by atoms with van der Waals surface area (Å²) in [5.74, 6) is -0.402. The molecular weight excluding hydrogens is 383 g/mol.